The van der Waals surface area contributed by atoms with E-state index in [4.69, 9.17) is 5.11 Å². The normalized spacial score (nSPS) is 10.5. The molecule has 9 nitrogen and oxygen atoms in total. The zero-order valence-electron chi connectivity index (χ0n) is 14.3. The molecule has 0 fully saturated rings. The van der Waals surface area contributed by atoms with Crippen LogP contribution >= 0.6 is 0 Å². The molecular weight excluding hydrogens is 332 g/mol. The first-order valence-electron chi connectivity index (χ1n) is 8.15. The number of carbonyl (C=O) groups is 1. The van der Waals surface area contributed by atoms with Crippen LogP contribution in [0.3, 0.4) is 0 Å². The molecule has 1 aromatic rings. The van der Waals surface area contributed by atoms with Crippen molar-refractivity contribution in [2.45, 2.75) is 58.8 Å². The Morgan fingerprint density at radius 3 is 2.24 bits per heavy atom. The molecule has 1 rings (SSSR count). The molecule has 138 valence electrons. The highest BCUT2D eigenvalue weighted by Crippen LogP contribution is 2.41. The molecule has 0 aliphatic carbocycles. The van der Waals surface area contributed by atoms with Crippen molar-refractivity contribution in [3.8, 4) is 5.75 Å². The van der Waals surface area contributed by atoms with E-state index in [0.717, 1.165) is 38.5 Å². The van der Waals surface area contributed by atoms with Crippen molar-refractivity contribution < 1.29 is 24.5 Å². The van der Waals surface area contributed by atoms with E-state index in [-0.39, 0.29) is 5.56 Å². The van der Waals surface area contributed by atoms with E-state index in [0.29, 0.717) is 12.0 Å². The predicted octanol–water partition coefficient (Wildman–Crippen LogP) is 4.77. The predicted molar refractivity (Wildman–Crippen MR) is 90.2 cm³/mol. The van der Waals surface area contributed by atoms with Gasteiger partial charge in [-0.1, -0.05) is 39.0 Å². The third-order valence-electron chi connectivity index (χ3n) is 3.96. The average molecular weight is 354 g/mol. The minimum absolute atomic E-state index is 0.195. The highest BCUT2D eigenvalue weighted by atomic mass is 16.7. The number of hydrogen-bond donors (Lipinski definition) is 1. The first-order valence-corrected chi connectivity index (χ1v) is 8.15. The minimum atomic E-state index is -1.84. The van der Waals surface area contributed by atoms with Crippen molar-refractivity contribution in [3.05, 3.63) is 37.4 Å². The van der Waals surface area contributed by atoms with Crippen LogP contribution in [0.5, 0.6) is 5.75 Å². The molecule has 25 heavy (non-hydrogen) atoms. The van der Waals surface area contributed by atoms with Crippen molar-refractivity contribution in [1.29, 1.82) is 0 Å². The van der Waals surface area contributed by atoms with Crippen molar-refractivity contribution in [1.82, 2.24) is 0 Å². The Morgan fingerprint density at radius 2 is 1.72 bits per heavy atom. The summed E-state index contributed by atoms with van der Waals surface area (Å²) in [5.74, 6) is -0.841. The molecule has 1 N–H and O–H groups in total. The maximum Gasteiger partial charge on any atom is 0.511 e. The number of unbranched alkanes of at least 4 members (excludes halogenated alkanes) is 5. The van der Waals surface area contributed by atoms with Gasteiger partial charge in [0.05, 0.1) is 9.85 Å². The Balaban J connectivity index is 3.12. The van der Waals surface area contributed by atoms with Crippen LogP contribution in [-0.4, -0.2) is 21.1 Å². The van der Waals surface area contributed by atoms with Crippen LogP contribution < -0.4 is 4.74 Å². The van der Waals surface area contributed by atoms with E-state index in [2.05, 4.69) is 11.7 Å². The molecule has 1 aromatic carbocycles. The van der Waals surface area contributed by atoms with Crippen LogP contribution in [0, 0.1) is 27.2 Å². The van der Waals surface area contributed by atoms with Crippen LogP contribution in [0.25, 0.3) is 0 Å². The first kappa shape index (κ1) is 20.3. The minimum Gasteiger partial charge on any atom is -0.449 e. The number of ether oxygens (including phenoxy) is 1. The molecule has 0 heterocycles. The molecule has 0 saturated heterocycles. The number of rotatable bonds is 10. The largest absolute Gasteiger partial charge is 0.511 e. The SMILES string of the molecule is CCCCCCCCc1cc([N+](=O)[O-])c(OC(=O)O)c([N+](=O)[O-])c1C. The highest BCUT2D eigenvalue weighted by molar-refractivity contribution is 5.72. The second-order valence-electron chi connectivity index (χ2n) is 5.76. The lowest BCUT2D eigenvalue weighted by Crippen LogP contribution is -2.10. The van der Waals surface area contributed by atoms with Gasteiger partial charge in [-0.25, -0.2) is 4.79 Å². The Labute approximate surface area is 144 Å². The molecule has 0 atom stereocenters. The summed E-state index contributed by atoms with van der Waals surface area (Å²) in [7, 11) is 0. The van der Waals surface area contributed by atoms with Gasteiger partial charge in [-0.2, -0.15) is 0 Å². The topological polar surface area (TPSA) is 133 Å². The van der Waals surface area contributed by atoms with E-state index in [1.807, 2.05) is 0 Å². The second kappa shape index (κ2) is 9.55. The van der Waals surface area contributed by atoms with E-state index in [9.17, 15) is 25.0 Å². The van der Waals surface area contributed by atoms with Crippen molar-refractivity contribution in [2.24, 2.45) is 0 Å². The molecule has 0 spiro atoms. The van der Waals surface area contributed by atoms with Gasteiger partial charge in [0.2, 0.25) is 0 Å². The van der Waals surface area contributed by atoms with E-state index in [1.54, 1.807) is 0 Å². The van der Waals surface area contributed by atoms with Gasteiger partial charge in [0.1, 0.15) is 0 Å². The number of hydrogen-bond acceptors (Lipinski definition) is 6. The molecule has 0 aromatic heterocycles. The average Bonchev–Trinajstić information content (AvgIpc) is 2.51. The number of nitrogens with zero attached hydrogens (tertiary/aromatic N) is 2. The van der Waals surface area contributed by atoms with Gasteiger partial charge in [-0.15, -0.1) is 0 Å². The van der Waals surface area contributed by atoms with Gasteiger partial charge in [0, 0.05) is 11.6 Å². The molecule has 0 unspecified atom stereocenters. The van der Waals surface area contributed by atoms with Gasteiger partial charge >= 0.3 is 17.5 Å². The van der Waals surface area contributed by atoms with Gasteiger partial charge in [-0.05, 0) is 25.3 Å². The van der Waals surface area contributed by atoms with Crippen LogP contribution in [0.2, 0.25) is 0 Å². The third-order valence-corrected chi connectivity index (χ3v) is 3.96. The van der Waals surface area contributed by atoms with Crippen molar-refractivity contribution in [3.63, 3.8) is 0 Å². The molecule has 0 amide bonds. The van der Waals surface area contributed by atoms with Crippen LogP contribution in [0.4, 0.5) is 16.2 Å². The fourth-order valence-electron chi connectivity index (χ4n) is 2.68. The Morgan fingerprint density at radius 1 is 1.12 bits per heavy atom. The summed E-state index contributed by atoms with van der Waals surface area (Å²) < 4.78 is 4.34. The summed E-state index contributed by atoms with van der Waals surface area (Å²) in [5, 5.41) is 31.2. The molecule has 0 radical (unpaired) electrons. The monoisotopic (exact) mass is 354 g/mol. The molecule has 0 bridgehead atoms. The first-order chi connectivity index (χ1) is 11.8. The smallest absolute Gasteiger partial charge is 0.449 e. The number of nitro groups is 2. The van der Waals surface area contributed by atoms with E-state index in [1.165, 1.54) is 13.0 Å². The molecule has 9 heteroatoms. The summed E-state index contributed by atoms with van der Waals surface area (Å²) in [6.07, 6.45) is 4.71. The summed E-state index contributed by atoms with van der Waals surface area (Å²) in [4.78, 5) is 31.5. The Kier molecular flexibility index (Phi) is 7.77. The Bertz CT molecular complexity index is 658. The fraction of sp³-hybridized carbons (Fsp3) is 0.562. The quantitative estimate of drug-likeness (QED) is 0.210. The summed E-state index contributed by atoms with van der Waals surface area (Å²) in [5.41, 5.74) is -0.717. The molecule has 0 saturated carbocycles. The van der Waals surface area contributed by atoms with Gasteiger partial charge in [-0.3, -0.25) is 20.2 Å². The van der Waals surface area contributed by atoms with Crippen molar-refractivity contribution >= 4 is 17.5 Å². The van der Waals surface area contributed by atoms with Crippen LogP contribution in [-0.2, 0) is 6.42 Å². The zero-order valence-corrected chi connectivity index (χ0v) is 14.3. The standard InChI is InChI=1S/C16H22N2O7/c1-3-4-5-6-7-8-9-12-10-13(17(21)22)15(25-16(19)20)14(11(12)2)18(23)24/h10H,3-9H2,1-2H3,(H,19,20). The Hall–Kier alpha value is -2.71. The summed E-state index contributed by atoms with van der Waals surface area (Å²) in [6, 6.07) is 1.17. The second-order valence-corrected chi connectivity index (χ2v) is 5.76. The summed E-state index contributed by atoms with van der Waals surface area (Å²) >= 11 is 0. The number of aryl methyl sites for hydroxylation is 1. The highest BCUT2D eigenvalue weighted by Gasteiger charge is 2.33. The van der Waals surface area contributed by atoms with E-state index >= 15 is 0 Å². The van der Waals surface area contributed by atoms with Gasteiger partial charge in [0.15, 0.2) is 0 Å². The van der Waals surface area contributed by atoms with Crippen LogP contribution in [0.15, 0.2) is 6.07 Å². The number of carboxylic acid groups (broad SMARTS) is 1. The maximum atomic E-state index is 11.3. The lowest BCUT2D eigenvalue weighted by atomic mass is 9.98. The zero-order chi connectivity index (χ0) is 19.0. The number of benzene rings is 1. The van der Waals surface area contributed by atoms with Gasteiger partial charge < -0.3 is 9.84 Å². The molecular formula is C16H22N2O7. The maximum absolute atomic E-state index is 11.3. The lowest BCUT2D eigenvalue weighted by molar-refractivity contribution is -0.396. The van der Waals surface area contributed by atoms with E-state index < -0.39 is 33.1 Å². The lowest BCUT2D eigenvalue weighted by Gasteiger charge is -2.10. The van der Waals surface area contributed by atoms with Crippen LogP contribution in [0.1, 0.15) is 56.6 Å². The summed E-state index contributed by atoms with van der Waals surface area (Å²) in [6.45, 7) is 3.56. The van der Waals surface area contributed by atoms with Gasteiger partial charge in [0.25, 0.3) is 5.75 Å². The third kappa shape index (κ3) is 5.70. The number of nitro benzene ring substituents is 2. The molecule has 0 aliphatic heterocycles. The molecule has 0 aliphatic rings. The fourth-order valence-corrected chi connectivity index (χ4v) is 2.68. The van der Waals surface area contributed by atoms with Crippen molar-refractivity contribution in [2.75, 3.05) is 0 Å².